The largest absolute Gasteiger partial charge is 0.303 e. The molecule has 16 heavy (non-hydrogen) atoms. The summed E-state index contributed by atoms with van der Waals surface area (Å²) in [7, 11) is 0. The molecule has 1 nitrogen and oxygen atoms in total. The first-order valence-electron chi connectivity index (χ1n) is 5.12. The number of allylic oxidation sites excluding steroid dienone is 1. The standard InChI is InChI=1S/C13H14F2O/c1-4-9(7-16)12-11(14)6-5-10(8(2)3)13(12)15/h5-7,9H,2,4H2,1,3H3. The van der Waals surface area contributed by atoms with Gasteiger partial charge in [-0.3, -0.25) is 0 Å². The van der Waals surface area contributed by atoms with Gasteiger partial charge in [0.05, 0.1) is 0 Å². The van der Waals surface area contributed by atoms with E-state index in [1.54, 1.807) is 13.8 Å². The SMILES string of the molecule is C=C(C)c1ccc(F)c(C(C=O)CC)c1F. The zero-order valence-corrected chi connectivity index (χ0v) is 9.39. The lowest BCUT2D eigenvalue weighted by atomic mass is 9.93. The molecular weight excluding hydrogens is 210 g/mol. The lowest BCUT2D eigenvalue weighted by molar-refractivity contribution is -0.109. The molecule has 1 aromatic rings. The van der Waals surface area contributed by atoms with Crippen LogP contribution in [0.15, 0.2) is 18.7 Å². The van der Waals surface area contributed by atoms with Gasteiger partial charge in [-0.05, 0) is 31.1 Å². The van der Waals surface area contributed by atoms with E-state index >= 15 is 0 Å². The predicted octanol–water partition coefficient (Wildman–Crippen LogP) is 3.69. The predicted molar refractivity (Wildman–Crippen MR) is 60.2 cm³/mol. The Morgan fingerprint density at radius 1 is 1.50 bits per heavy atom. The van der Waals surface area contributed by atoms with Gasteiger partial charge in [-0.2, -0.15) is 0 Å². The molecule has 0 spiro atoms. The summed E-state index contributed by atoms with van der Waals surface area (Å²) in [5.74, 6) is -2.09. The number of benzene rings is 1. The molecule has 0 amide bonds. The molecule has 0 aliphatic heterocycles. The highest BCUT2D eigenvalue weighted by molar-refractivity contribution is 5.67. The average molecular weight is 224 g/mol. The Bertz CT molecular complexity index is 424. The highest BCUT2D eigenvalue weighted by atomic mass is 19.1. The summed E-state index contributed by atoms with van der Waals surface area (Å²) in [5, 5.41) is 0. The van der Waals surface area contributed by atoms with Crippen molar-refractivity contribution in [2.45, 2.75) is 26.2 Å². The Labute approximate surface area is 93.8 Å². The molecule has 0 aliphatic carbocycles. The van der Waals surface area contributed by atoms with Crippen LogP contribution in [0.25, 0.3) is 5.57 Å². The van der Waals surface area contributed by atoms with Gasteiger partial charge in [0.2, 0.25) is 0 Å². The lowest BCUT2D eigenvalue weighted by Gasteiger charge is -2.13. The van der Waals surface area contributed by atoms with Crippen molar-refractivity contribution in [1.82, 2.24) is 0 Å². The van der Waals surface area contributed by atoms with Crippen molar-refractivity contribution in [3.63, 3.8) is 0 Å². The van der Waals surface area contributed by atoms with Gasteiger partial charge in [0, 0.05) is 17.0 Å². The third kappa shape index (κ3) is 2.18. The number of rotatable bonds is 4. The van der Waals surface area contributed by atoms with Crippen molar-refractivity contribution in [3.05, 3.63) is 41.5 Å². The minimum Gasteiger partial charge on any atom is -0.303 e. The zero-order valence-electron chi connectivity index (χ0n) is 9.39. The molecule has 1 unspecified atom stereocenters. The smallest absolute Gasteiger partial charge is 0.137 e. The van der Waals surface area contributed by atoms with Gasteiger partial charge >= 0.3 is 0 Å². The van der Waals surface area contributed by atoms with Crippen LogP contribution >= 0.6 is 0 Å². The molecule has 1 rings (SSSR count). The summed E-state index contributed by atoms with van der Waals surface area (Å²) >= 11 is 0. The number of carbonyl (C=O) groups is 1. The Balaban J connectivity index is 3.41. The van der Waals surface area contributed by atoms with Crippen LogP contribution in [-0.4, -0.2) is 6.29 Å². The molecule has 0 aromatic heterocycles. The summed E-state index contributed by atoms with van der Waals surface area (Å²) in [6.07, 6.45) is 0.945. The van der Waals surface area contributed by atoms with Gasteiger partial charge in [-0.1, -0.05) is 13.5 Å². The van der Waals surface area contributed by atoms with Gasteiger partial charge < -0.3 is 4.79 Å². The number of hydrogen-bond donors (Lipinski definition) is 0. The van der Waals surface area contributed by atoms with Crippen LogP contribution in [-0.2, 0) is 4.79 Å². The molecule has 0 heterocycles. The topological polar surface area (TPSA) is 17.1 Å². The van der Waals surface area contributed by atoms with Gasteiger partial charge in [-0.15, -0.1) is 0 Å². The fourth-order valence-electron chi connectivity index (χ4n) is 1.61. The Morgan fingerprint density at radius 2 is 2.12 bits per heavy atom. The third-order valence-electron chi connectivity index (χ3n) is 2.56. The van der Waals surface area contributed by atoms with Crippen molar-refractivity contribution < 1.29 is 13.6 Å². The lowest BCUT2D eigenvalue weighted by Crippen LogP contribution is -2.07. The molecule has 1 atom stereocenters. The normalized spacial score (nSPS) is 12.2. The van der Waals surface area contributed by atoms with E-state index in [9.17, 15) is 13.6 Å². The fourth-order valence-corrected chi connectivity index (χ4v) is 1.61. The van der Waals surface area contributed by atoms with Crippen LogP contribution in [0.4, 0.5) is 8.78 Å². The summed E-state index contributed by atoms with van der Waals surface area (Å²) in [4.78, 5) is 10.8. The molecule has 0 N–H and O–H groups in total. The highest BCUT2D eigenvalue weighted by Crippen LogP contribution is 2.28. The van der Waals surface area contributed by atoms with Crippen molar-refractivity contribution in [2.75, 3.05) is 0 Å². The number of carbonyl (C=O) groups excluding carboxylic acids is 1. The van der Waals surface area contributed by atoms with Crippen LogP contribution in [0.2, 0.25) is 0 Å². The average Bonchev–Trinajstić information content (AvgIpc) is 2.23. The first-order chi connectivity index (χ1) is 7.52. The van der Waals surface area contributed by atoms with Gasteiger partial charge in [0.15, 0.2) is 0 Å². The molecule has 0 bridgehead atoms. The molecule has 0 aliphatic rings. The Kier molecular flexibility index (Phi) is 3.93. The Hall–Kier alpha value is -1.51. The maximum absolute atomic E-state index is 13.9. The summed E-state index contributed by atoms with van der Waals surface area (Å²) in [5.41, 5.74) is 0.620. The fraction of sp³-hybridized carbons (Fsp3) is 0.308. The van der Waals surface area contributed by atoms with Crippen molar-refractivity contribution in [3.8, 4) is 0 Å². The van der Waals surface area contributed by atoms with E-state index < -0.39 is 17.6 Å². The third-order valence-corrected chi connectivity index (χ3v) is 2.56. The van der Waals surface area contributed by atoms with Crippen LogP contribution in [0.1, 0.15) is 37.3 Å². The van der Waals surface area contributed by atoms with Crippen LogP contribution in [0, 0.1) is 11.6 Å². The van der Waals surface area contributed by atoms with E-state index in [4.69, 9.17) is 0 Å². The maximum Gasteiger partial charge on any atom is 0.137 e. The quantitative estimate of drug-likeness (QED) is 0.713. The van der Waals surface area contributed by atoms with Crippen molar-refractivity contribution in [2.24, 2.45) is 0 Å². The molecule has 0 saturated heterocycles. The monoisotopic (exact) mass is 224 g/mol. The van der Waals surface area contributed by atoms with Gasteiger partial charge in [-0.25, -0.2) is 8.78 Å². The zero-order chi connectivity index (χ0) is 12.3. The summed E-state index contributed by atoms with van der Waals surface area (Å²) in [6.45, 7) is 6.97. The second-order valence-corrected chi connectivity index (χ2v) is 3.75. The van der Waals surface area contributed by atoms with E-state index in [1.807, 2.05) is 0 Å². The minimum absolute atomic E-state index is 0.155. The van der Waals surface area contributed by atoms with Crippen LogP contribution < -0.4 is 0 Å². The molecular formula is C13H14F2O. The Morgan fingerprint density at radius 3 is 2.56 bits per heavy atom. The van der Waals surface area contributed by atoms with E-state index in [-0.39, 0.29) is 11.1 Å². The molecule has 86 valence electrons. The molecule has 0 radical (unpaired) electrons. The van der Waals surface area contributed by atoms with Gasteiger partial charge in [0.1, 0.15) is 17.9 Å². The van der Waals surface area contributed by atoms with Crippen molar-refractivity contribution >= 4 is 11.9 Å². The van der Waals surface area contributed by atoms with Crippen molar-refractivity contribution in [1.29, 1.82) is 0 Å². The molecule has 0 saturated carbocycles. The first-order valence-corrected chi connectivity index (χ1v) is 5.12. The van der Waals surface area contributed by atoms with E-state index in [1.165, 1.54) is 12.1 Å². The second-order valence-electron chi connectivity index (χ2n) is 3.75. The minimum atomic E-state index is -0.737. The number of halogens is 2. The molecule has 1 aromatic carbocycles. The van der Waals surface area contributed by atoms with E-state index in [2.05, 4.69) is 6.58 Å². The molecule has 0 fully saturated rings. The molecule has 3 heteroatoms. The van der Waals surface area contributed by atoms with E-state index in [0.717, 1.165) is 0 Å². The van der Waals surface area contributed by atoms with Crippen LogP contribution in [0.5, 0.6) is 0 Å². The number of hydrogen-bond acceptors (Lipinski definition) is 1. The summed E-state index contributed by atoms with van der Waals surface area (Å²) < 4.78 is 27.4. The van der Waals surface area contributed by atoms with Crippen LogP contribution in [0.3, 0.4) is 0 Å². The highest BCUT2D eigenvalue weighted by Gasteiger charge is 2.20. The second kappa shape index (κ2) is 5.01. The number of aldehydes is 1. The first kappa shape index (κ1) is 12.6. The van der Waals surface area contributed by atoms with E-state index in [0.29, 0.717) is 18.3 Å². The maximum atomic E-state index is 13.9. The van der Waals surface area contributed by atoms with Gasteiger partial charge in [0.25, 0.3) is 0 Å². The summed E-state index contributed by atoms with van der Waals surface area (Å²) in [6, 6.07) is 2.52.